The van der Waals surface area contributed by atoms with Crippen molar-refractivity contribution in [3.05, 3.63) is 71.1 Å². The molecular formula is C15H13N3O. The second kappa shape index (κ2) is 5.76. The molecule has 0 heterocycles. The molecule has 0 aromatic heterocycles. The molecule has 0 amide bonds. The first-order valence-electron chi connectivity index (χ1n) is 5.74. The van der Waals surface area contributed by atoms with Crippen LogP contribution in [-0.4, -0.2) is 7.11 Å². The van der Waals surface area contributed by atoms with Gasteiger partial charge in [0.15, 0.2) is 0 Å². The predicted octanol–water partition coefficient (Wildman–Crippen LogP) is 4.64. The van der Waals surface area contributed by atoms with E-state index in [-0.39, 0.29) is 0 Å². The third-order valence-electron chi connectivity index (χ3n) is 2.79. The number of methoxy groups -OCH3 is 1. The molecule has 4 heteroatoms. The third-order valence-corrected chi connectivity index (χ3v) is 2.79. The van der Waals surface area contributed by atoms with Crippen LogP contribution >= 0.6 is 0 Å². The maximum absolute atomic E-state index is 8.53. The normalized spacial score (nSPS) is 9.53. The minimum atomic E-state index is 0.393. The van der Waals surface area contributed by atoms with Gasteiger partial charge in [-0.15, -0.1) is 0 Å². The van der Waals surface area contributed by atoms with Crippen LogP contribution in [0.1, 0.15) is 5.56 Å². The SMILES string of the molecule is C=C(N=[N+]=[N-])c1ccc(OC)cc1-c1ccccc1. The standard InChI is InChI=1S/C15H13N3O/c1-11(17-18-16)14-9-8-13(19-2)10-15(14)12-6-4-3-5-7-12/h3-10H,1H2,2H3. The van der Waals surface area contributed by atoms with Crippen LogP contribution in [0.2, 0.25) is 0 Å². The first kappa shape index (κ1) is 12.7. The van der Waals surface area contributed by atoms with E-state index in [4.69, 9.17) is 10.3 Å². The quantitative estimate of drug-likeness (QED) is 0.443. The largest absolute Gasteiger partial charge is 0.497 e. The van der Waals surface area contributed by atoms with Crippen LogP contribution in [0.25, 0.3) is 27.3 Å². The summed E-state index contributed by atoms with van der Waals surface area (Å²) in [5.74, 6) is 0.747. The highest BCUT2D eigenvalue weighted by Gasteiger charge is 2.08. The molecule has 4 nitrogen and oxygen atoms in total. The highest BCUT2D eigenvalue weighted by molar-refractivity contribution is 5.81. The highest BCUT2D eigenvalue weighted by Crippen LogP contribution is 2.32. The summed E-state index contributed by atoms with van der Waals surface area (Å²) in [7, 11) is 1.62. The smallest absolute Gasteiger partial charge is 0.119 e. The van der Waals surface area contributed by atoms with Crippen LogP contribution < -0.4 is 4.74 Å². The summed E-state index contributed by atoms with van der Waals surface area (Å²) in [5.41, 5.74) is 11.7. The van der Waals surface area contributed by atoms with Gasteiger partial charge in [-0.25, -0.2) is 0 Å². The zero-order chi connectivity index (χ0) is 13.7. The van der Waals surface area contributed by atoms with Crippen LogP contribution in [0.4, 0.5) is 0 Å². The Bertz CT molecular complexity index is 644. The van der Waals surface area contributed by atoms with E-state index in [2.05, 4.69) is 16.6 Å². The van der Waals surface area contributed by atoms with Gasteiger partial charge in [-0.2, -0.15) is 0 Å². The predicted molar refractivity (Wildman–Crippen MR) is 76.6 cm³/mol. The van der Waals surface area contributed by atoms with E-state index in [0.717, 1.165) is 22.4 Å². The molecule has 2 rings (SSSR count). The van der Waals surface area contributed by atoms with Gasteiger partial charge in [-0.05, 0) is 34.4 Å². The van der Waals surface area contributed by atoms with E-state index in [9.17, 15) is 0 Å². The molecule has 0 atom stereocenters. The van der Waals surface area contributed by atoms with Crippen molar-refractivity contribution >= 4 is 5.70 Å². The summed E-state index contributed by atoms with van der Waals surface area (Å²) in [6.07, 6.45) is 0. The number of rotatable bonds is 4. The topological polar surface area (TPSA) is 58.0 Å². The molecule has 0 aliphatic carbocycles. The molecule has 0 fully saturated rings. The maximum Gasteiger partial charge on any atom is 0.119 e. The molecule has 0 unspecified atom stereocenters. The van der Waals surface area contributed by atoms with Crippen molar-refractivity contribution in [3.63, 3.8) is 0 Å². The molecule has 0 spiro atoms. The average molecular weight is 251 g/mol. The molecule has 19 heavy (non-hydrogen) atoms. The van der Waals surface area contributed by atoms with Crippen molar-refractivity contribution < 1.29 is 4.74 Å². The Balaban J connectivity index is 2.61. The minimum Gasteiger partial charge on any atom is -0.497 e. The lowest BCUT2D eigenvalue weighted by molar-refractivity contribution is 0.415. The molecule has 0 saturated heterocycles. The monoisotopic (exact) mass is 251 g/mol. The Kier molecular flexibility index (Phi) is 3.86. The second-order valence-corrected chi connectivity index (χ2v) is 3.91. The van der Waals surface area contributed by atoms with Crippen LogP contribution in [-0.2, 0) is 0 Å². The van der Waals surface area contributed by atoms with Crippen LogP contribution in [0, 0.1) is 0 Å². The summed E-state index contributed by atoms with van der Waals surface area (Å²) in [5, 5.41) is 3.58. The number of hydrogen-bond donors (Lipinski definition) is 0. The zero-order valence-electron chi connectivity index (χ0n) is 10.6. The van der Waals surface area contributed by atoms with Gasteiger partial charge >= 0.3 is 0 Å². The fraction of sp³-hybridized carbons (Fsp3) is 0.0667. The molecule has 2 aromatic carbocycles. The number of ether oxygens (including phenoxy) is 1. The number of benzene rings is 2. The zero-order valence-corrected chi connectivity index (χ0v) is 10.6. The molecular weight excluding hydrogens is 238 g/mol. The Hall–Kier alpha value is -2.71. The molecule has 0 saturated carbocycles. The Labute approximate surface area is 111 Å². The summed E-state index contributed by atoms with van der Waals surface area (Å²) >= 11 is 0. The van der Waals surface area contributed by atoms with Crippen LogP contribution in [0.5, 0.6) is 5.75 Å². The van der Waals surface area contributed by atoms with Gasteiger partial charge in [0.1, 0.15) is 5.75 Å². The van der Waals surface area contributed by atoms with Gasteiger partial charge in [-0.1, -0.05) is 48.1 Å². The van der Waals surface area contributed by atoms with E-state index >= 15 is 0 Å². The summed E-state index contributed by atoms with van der Waals surface area (Å²) in [4.78, 5) is 2.78. The first-order chi connectivity index (χ1) is 9.26. The van der Waals surface area contributed by atoms with Gasteiger partial charge in [0.25, 0.3) is 0 Å². The highest BCUT2D eigenvalue weighted by atomic mass is 16.5. The van der Waals surface area contributed by atoms with E-state index in [0.29, 0.717) is 5.70 Å². The van der Waals surface area contributed by atoms with Crippen LogP contribution in [0.3, 0.4) is 0 Å². The van der Waals surface area contributed by atoms with Gasteiger partial charge < -0.3 is 4.74 Å². The van der Waals surface area contributed by atoms with Crippen LogP contribution in [0.15, 0.2) is 60.2 Å². The molecule has 0 aliphatic rings. The minimum absolute atomic E-state index is 0.393. The van der Waals surface area contributed by atoms with Crippen molar-refractivity contribution in [1.29, 1.82) is 0 Å². The molecule has 0 radical (unpaired) electrons. The van der Waals surface area contributed by atoms with E-state index in [1.54, 1.807) is 7.11 Å². The van der Waals surface area contributed by atoms with Crippen molar-refractivity contribution in [3.8, 4) is 16.9 Å². The average Bonchev–Trinajstić information content (AvgIpc) is 2.47. The van der Waals surface area contributed by atoms with E-state index < -0.39 is 0 Å². The summed E-state index contributed by atoms with van der Waals surface area (Å²) in [6, 6.07) is 15.4. The lowest BCUT2D eigenvalue weighted by atomic mass is 9.98. The van der Waals surface area contributed by atoms with Crippen molar-refractivity contribution in [1.82, 2.24) is 0 Å². The lowest BCUT2D eigenvalue weighted by Gasteiger charge is -2.11. The fourth-order valence-corrected chi connectivity index (χ4v) is 1.87. The van der Waals surface area contributed by atoms with E-state index in [1.165, 1.54) is 0 Å². The van der Waals surface area contributed by atoms with E-state index in [1.807, 2.05) is 48.5 Å². The van der Waals surface area contributed by atoms with Crippen molar-refractivity contribution in [2.75, 3.05) is 7.11 Å². The molecule has 0 bridgehead atoms. The Morgan fingerprint density at radius 1 is 1.21 bits per heavy atom. The van der Waals surface area contributed by atoms with Gasteiger partial charge in [0.2, 0.25) is 0 Å². The first-order valence-corrected chi connectivity index (χ1v) is 5.74. The Morgan fingerprint density at radius 2 is 1.95 bits per heavy atom. The van der Waals surface area contributed by atoms with Crippen molar-refractivity contribution in [2.24, 2.45) is 5.11 Å². The second-order valence-electron chi connectivity index (χ2n) is 3.91. The van der Waals surface area contributed by atoms with Gasteiger partial charge in [0, 0.05) is 10.6 Å². The molecule has 0 N–H and O–H groups in total. The molecule has 94 valence electrons. The number of nitrogens with zero attached hydrogens (tertiary/aromatic N) is 3. The summed E-state index contributed by atoms with van der Waals surface area (Å²) in [6.45, 7) is 3.80. The van der Waals surface area contributed by atoms with Crippen molar-refractivity contribution in [2.45, 2.75) is 0 Å². The molecule has 0 aliphatic heterocycles. The van der Waals surface area contributed by atoms with Gasteiger partial charge in [0.05, 0.1) is 7.11 Å². The fourth-order valence-electron chi connectivity index (χ4n) is 1.87. The maximum atomic E-state index is 8.53. The Morgan fingerprint density at radius 3 is 2.58 bits per heavy atom. The molecule has 2 aromatic rings. The van der Waals surface area contributed by atoms with Gasteiger partial charge in [-0.3, -0.25) is 0 Å². The number of hydrogen-bond acceptors (Lipinski definition) is 2. The number of azide groups is 1. The lowest BCUT2D eigenvalue weighted by Crippen LogP contribution is -1.90. The third kappa shape index (κ3) is 2.76. The summed E-state index contributed by atoms with van der Waals surface area (Å²) < 4.78 is 5.24.